The molecule has 0 spiro atoms. The van der Waals surface area contributed by atoms with Crippen LogP contribution < -0.4 is 16.1 Å². The first kappa shape index (κ1) is 27.8. The van der Waals surface area contributed by atoms with E-state index in [-0.39, 0.29) is 33.4 Å². The van der Waals surface area contributed by atoms with Gasteiger partial charge >= 0.3 is 18.2 Å². The van der Waals surface area contributed by atoms with Crippen molar-refractivity contribution in [3.05, 3.63) is 63.5 Å². The van der Waals surface area contributed by atoms with Gasteiger partial charge in [0.25, 0.3) is 0 Å². The molecule has 4 aromatic rings. The number of amides is 2. The summed E-state index contributed by atoms with van der Waals surface area (Å²) in [5.41, 5.74) is -0.446. The number of fused-ring (bicyclic) bond motifs is 2. The summed E-state index contributed by atoms with van der Waals surface area (Å²) < 4.78 is 42.1. The van der Waals surface area contributed by atoms with Crippen molar-refractivity contribution in [3.8, 4) is 21.7 Å². The molecule has 1 saturated carbocycles. The molecule has 6 rings (SSSR count). The highest BCUT2D eigenvalue weighted by atomic mass is 32.1. The van der Waals surface area contributed by atoms with Crippen LogP contribution in [0.2, 0.25) is 0 Å². The lowest BCUT2D eigenvalue weighted by molar-refractivity contribution is -0.140. The summed E-state index contributed by atoms with van der Waals surface area (Å²) in [6.07, 6.45) is -1.85. The van der Waals surface area contributed by atoms with Gasteiger partial charge in [0.1, 0.15) is 16.4 Å². The molecule has 1 aromatic carbocycles. The molecule has 10 nitrogen and oxygen atoms in total. The first-order valence-electron chi connectivity index (χ1n) is 13.2. The van der Waals surface area contributed by atoms with Gasteiger partial charge < -0.3 is 19.9 Å². The number of alkyl halides is 3. The smallest absolute Gasteiger partial charge is 0.434 e. The molecule has 1 aliphatic carbocycles. The fourth-order valence-electron chi connectivity index (χ4n) is 5.82. The van der Waals surface area contributed by atoms with Crippen molar-refractivity contribution in [2.75, 3.05) is 32.0 Å². The second-order valence-corrected chi connectivity index (χ2v) is 11.3. The molecule has 3 aromatic heterocycles. The minimum Gasteiger partial charge on any atom is -0.477 e. The second-order valence-electron chi connectivity index (χ2n) is 10.5. The highest BCUT2D eigenvalue weighted by Crippen LogP contribution is 2.55. The van der Waals surface area contributed by atoms with Crippen molar-refractivity contribution in [1.29, 1.82) is 0 Å². The summed E-state index contributed by atoms with van der Waals surface area (Å²) in [6.45, 7) is 3.84. The first-order chi connectivity index (χ1) is 20.0. The average Bonchev–Trinajstić information content (AvgIpc) is 3.26. The third-order valence-corrected chi connectivity index (χ3v) is 8.61. The number of anilines is 1. The number of likely N-dealkylation sites (tertiary alicyclic amines) is 1. The number of carboxylic acids is 1. The third-order valence-electron chi connectivity index (χ3n) is 7.73. The van der Waals surface area contributed by atoms with Crippen LogP contribution >= 0.6 is 11.3 Å². The zero-order chi connectivity index (χ0) is 29.9. The lowest BCUT2D eigenvalue weighted by Crippen LogP contribution is -2.28. The van der Waals surface area contributed by atoms with Gasteiger partial charge in [0, 0.05) is 60.0 Å². The molecular weight excluding hydrogens is 573 g/mol. The normalized spacial score (nSPS) is 20.0. The highest BCUT2D eigenvalue weighted by molar-refractivity contribution is 7.13. The van der Waals surface area contributed by atoms with Crippen molar-refractivity contribution < 1.29 is 27.9 Å². The lowest BCUT2D eigenvalue weighted by Gasteiger charge is -2.18. The molecule has 0 unspecified atom stereocenters. The van der Waals surface area contributed by atoms with Gasteiger partial charge in [-0.1, -0.05) is 6.07 Å². The number of carbonyl (C=O) groups is 2. The Balaban J connectivity index is 1.49. The van der Waals surface area contributed by atoms with E-state index in [4.69, 9.17) is 0 Å². The summed E-state index contributed by atoms with van der Waals surface area (Å²) in [5, 5.41) is 16.0. The van der Waals surface area contributed by atoms with E-state index >= 15 is 0 Å². The Morgan fingerprint density at radius 1 is 1.17 bits per heavy atom. The maximum absolute atomic E-state index is 13.4. The van der Waals surface area contributed by atoms with E-state index < -0.39 is 29.3 Å². The molecule has 218 valence electrons. The Morgan fingerprint density at radius 3 is 2.55 bits per heavy atom. The Labute approximate surface area is 240 Å². The van der Waals surface area contributed by atoms with Crippen LogP contribution in [0, 0.1) is 11.8 Å². The van der Waals surface area contributed by atoms with Gasteiger partial charge in [-0.3, -0.25) is 10.1 Å². The molecule has 2 amide bonds. The van der Waals surface area contributed by atoms with Crippen LogP contribution in [0.1, 0.15) is 29.0 Å². The van der Waals surface area contributed by atoms with Crippen molar-refractivity contribution >= 4 is 40.1 Å². The predicted molar refractivity (Wildman–Crippen MR) is 151 cm³/mol. The maximum atomic E-state index is 13.4. The van der Waals surface area contributed by atoms with E-state index in [1.54, 1.807) is 25.1 Å². The van der Waals surface area contributed by atoms with Crippen LogP contribution in [0.5, 0.6) is 0 Å². The number of urea groups is 1. The molecule has 0 bridgehead atoms. The fraction of sp³-hybridized carbons (Fsp3) is 0.321. The van der Waals surface area contributed by atoms with Gasteiger partial charge in [-0.05, 0) is 49.6 Å². The zero-order valence-corrected chi connectivity index (χ0v) is 23.2. The molecule has 3 N–H and O–H groups in total. The number of rotatable bonds is 6. The number of halogens is 3. The molecule has 1 aliphatic heterocycles. The van der Waals surface area contributed by atoms with Crippen LogP contribution in [0.15, 0.2) is 46.8 Å². The fourth-order valence-corrected chi connectivity index (χ4v) is 6.68. The van der Waals surface area contributed by atoms with Crippen molar-refractivity contribution in [2.24, 2.45) is 11.8 Å². The molecule has 4 heterocycles. The summed E-state index contributed by atoms with van der Waals surface area (Å²) in [7, 11) is 2.03. The third kappa shape index (κ3) is 4.90. The van der Waals surface area contributed by atoms with Crippen LogP contribution in [-0.4, -0.2) is 63.2 Å². The zero-order valence-electron chi connectivity index (χ0n) is 22.4. The number of nitrogens with one attached hydrogen (secondary N) is 2. The largest absolute Gasteiger partial charge is 0.477 e. The number of benzene rings is 1. The van der Waals surface area contributed by atoms with Gasteiger partial charge in [-0.15, -0.1) is 11.3 Å². The number of piperidine rings is 1. The SMILES string of the molecule is CCNC(=O)Nc1cc(-c2nc(C(F)(F)F)cs2)c(-c2ccc3c(c2)c(=O)c(C(=O)O)cn3[C@@H]2[C@@H]3CN(C)C[C@@H]32)cn1. The Kier molecular flexibility index (Phi) is 6.77. The minimum atomic E-state index is -4.65. The summed E-state index contributed by atoms with van der Waals surface area (Å²) in [6, 6.07) is 5.94. The molecule has 3 atom stereocenters. The topological polar surface area (TPSA) is 129 Å². The molecule has 2 fully saturated rings. The Hall–Kier alpha value is -4.30. The molecule has 0 radical (unpaired) electrons. The lowest BCUT2D eigenvalue weighted by atomic mass is 9.99. The van der Waals surface area contributed by atoms with Gasteiger partial charge in [0.05, 0.1) is 5.52 Å². The molecule has 42 heavy (non-hydrogen) atoms. The number of thiazole rings is 1. The summed E-state index contributed by atoms with van der Waals surface area (Å²) in [5.74, 6) is -0.536. The monoisotopic (exact) mass is 598 g/mol. The number of hydrogen-bond donors (Lipinski definition) is 3. The predicted octanol–water partition coefficient (Wildman–Crippen LogP) is 4.78. The minimum absolute atomic E-state index is 0.0328. The summed E-state index contributed by atoms with van der Waals surface area (Å²) >= 11 is 0.779. The van der Waals surface area contributed by atoms with Crippen molar-refractivity contribution in [3.63, 3.8) is 0 Å². The van der Waals surface area contributed by atoms with Crippen molar-refractivity contribution in [2.45, 2.75) is 19.1 Å². The summed E-state index contributed by atoms with van der Waals surface area (Å²) in [4.78, 5) is 47.7. The van der Waals surface area contributed by atoms with Crippen LogP contribution in [0.3, 0.4) is 0 Å². The van der Waals surface area contributed by atoms with Gasteiger partial charge in [0.2, 0.25) is 5.43 Å². The first-order valence-corrected chi connectivity index (χ1v) is 14.0. The van der Waals surface area contributed by atoms with Gasteiger partial charge in [0.15, 0.2) is 5.69 Å². The highest BCUT2D eigenvalue weighted by Gasteiger charge is 2.56. The van der Waals surface area contributed by atoms with Crippen molar-refractivity contribution in [1.82, 2.24) is 24.8 Å². The van der Waals surface area contributed by atoms with E-state index in [1.807, 2.05) is 11.6 Å². The van der Waals surface area contributed by atoms with E-state index in [9.17, 15) is 32.7 Å². The quantitative estimate of drug-likeness (QED) is 0.291. The molecule has 2 aliphatic rings. The molecule has 1 saturated heterocycles. The van der Waals surface area contributed by atoms with E-state index in [0.717, 1.165) is 29.8 Å². The van der Waals surface area contributed by atoms with Crippen LogP contribution in [-0.2, 0) is 6.18 Å². The average molecular weight is 599 g/mol. The molecular formula is C28H25F3N6O4S. The Morgan fingerprint density at radius 2 is 1.90 bits per heavy atom. The number of carboxylic acid groups (broad SMARTS) is 1. The van der Waals surface area contributed by atoms with Gasteiger partial charge in [-0.2, -0.15) is 13.2 Å². The number of nitrogens with zero attached hydrogens (tertiary/aromatic N) is 4. The maximum Gasteiger partial charge on any atom is 0.434 e. The second kappa shape index (κ2) is 10.2. The molecule has 14 heteroatoms. The number of aromatic nitrogens is 3. The number of pyridine rings is 2. The van der Waals surface area contributed by atoms with E-state index in [2.05, 4.69) is 25.5 Å². The van der Waals surface area contributed by atoms with Gasteiger partial charge in [-0.25, -0.2) is 19.6 Å². The van der Waals surface area contributed by atoms with Crippen LogP contribution in [0.25, 0.3) is 32.6 Å². The Bertz CT molecular complexity index is 1790. The van der Waals surface area contributed by atoms with E-state index in [1.165, 1.54) is 18.5 Å². The van der Waals surface area contributed by atoms with E-state index in [0.29, 0.717) is 35.0 Å². The number of aromatic carboxylic acids is 1. The number of hydrogen-bond acceptors (Lipinski definition) is 7. The standard InChI is InChI=1S/C28H25F3N6O4S/c1-3-32-27(41)35-22-7-14(25-34-21(12-42-25)28(29,30)31)16(8-33-22)13-4-5-20-15(6-13)24(38)19(26(39)40)11-37(20)23-17-9-36(2)10-18(17)23/h4-8,11-12,17-18,23H,3,9-10H2,1-2H3,(H,39,40)(H2,32,33,35,41)/t17-,18+,23-. The number of carbonyl (C=O) groups excluding carboxylic acids is 1. The van der Waals surface area contributed by atoms with Crippen LogP contribution in [0.4, 0.5) is 23.8 Å².